The van der Waals surface area contributed by atoms with Crippen LogP contribution in [0.25, 0.3) is 21.5 Å². The molecule has 2 heterocycles. The smallest absolute Gasteiger partial charge is 0.294 e. The molecule has 1 N–H and O–H groups in total. The second-order valence-corrected chi connectivity index (χ2v) is 7.96. The molecule has 0 aliphatic heterocycles. The molecule has 6 nitrogen and oxygen atoms in total. The molecule has 30 heavy (non-hydrogen) atoms. The van der Waals surface area contributed by atoms with E-state index in [-0.39, 0.29) is 11.2 Å². The molecule has 0 saturated carbocycles. The predicted octanol–water partition coefficient (Wildman–Crippen LogP) is 4.05. The highest BCUT2D eigenvalue weighted by atomic mass is 32.1. The zero-order valence-electron chi connectivity index (χ0n) is 16.1. The van der Waals surface area contributed by atoms with Gasteiger partial charge in [0.15, 0.2) is 5.52 Å². The Morgan fingerprint density at radius 2 is 1.87 bits per heavy atom. The first kappa shape index (κ1) is 19.8. The summed E-state index contributed by atoms with van der Waals surface area (Å²) < 4.78 is 28.5. The molecule has 0 spiro atoms. The van der Waals surface area contributed by atoms with Gasteiger partial charge in [0.1, 0.15) is 23.9 Å². The maximum absolute atomic E-state index is 13.8. The molecule has 0 atom stereocenters. The SMILES string of the molecule is Cc1ccc(-c2nn(CC(=O)Nc3ccc(F)cc3F)c(=O)c3nc(C)sc23)cc1. The van der Waals surface area contributed by atoms with Gasteiger partial charge in [0, 0.05) is 11.6 Å². The summed E-state index contributed by atoms with van der Waals surface area (Å²) in [4.78, 5) is 29.5. The number of aromatic nitrogens is 3. The number of benzene rings is 2. The van der Waals surface area contributed by atoms with Gasteiger partial charge in [-0.15, -0.1) is 11.3 Å². The summed E-state index contributed by atoms with van der Waals surface area (Å²) in [5.74, 6) is -2.33. The van der Waals surface area contributed by atoms with E-state index in [9.17, 15) is 18.4 Å². The van der Waals surface area contributed by atoms with Gasteiger partial charge in [-0.05, 0) is 26.0 Å². The molecule has 152 valence electrons. The Bertz CT molecular complexity index is 1330. The van der Waals surface area contributed by atoms with Crippen molar-refractivity contribution in [1.82, 2.24) is 14.8 Å². The molecule has 2 aromatic heterocycles. The zero-order chi connectivity index (χ0) is 21.4. The summed E-state index contributed by atoms with van der Waals surface area (Å²) in [6.45, 7) is 3.31. The second-order valence-electron chi connectivity index (χ2n) is 6.76. The third-order valence-corrected chi connectivity index (χ3v) is 5.41. The van der Waals surface area contributed by atoms with Gasteiger partial charge >= 0.3 is 0 Å². The molecule has 0 aliphatic rings. The van der Waals surface area contributed by atoms with Crippen molar-refractivity contribution in [2.75, 3.05) is 5.32 Å². The monoisotopic (exact) mass is 426 g/mol. The molecule has 4 aromatic rings. The first-order chi connectivity index (χ1) is 14.3. The quantitative estimate of drug-likeness (QED) is 0.534. The highest BCUT2D eigenvalue weighted by Gasteiger charge is 2.18. The molecule has 9 heteroatoms. The van der Waals surface area contributed by atoms with Crippen LogP contribution in [0.3, 0.4) is 0 Å². The van der Waals surface area contributed by atoms with Crippen molar-refractivity contribution in [3.05, 3.63) is 75.0 Å². The Morgan fingerprint density at radius 3 is 2.57 bits per heavy atom. The fourth-order valence-electron chi connectivity index (χ4n) is 2.99. The summed E-state index contributed by atoms with van der Waals surface area (Å²) in [6.07, 6.45) is 0. The van der Waals surface area contributed by atoms with Crippen molar-refractivity contribution in [3.63, 3.8) is 0 Å². The molecule has 0 aliphatic carbocycles. The lowest BCUT2D eigenvalue weighted by Gasteiger charge is -2.10. The van der Waals surface area contributed by atoms with Gasteiger partial charge in [0.25, 0.3) is 5.56 Å². The van der Waals surface area contributed by atoms with E-state index >= 15 is 0 Å². The zero-order valence-corrected chi connectivity index (χ0v) is 16.9. The molecule has 4 rings (SSSR count). The van der Waals surface area contributed by atoms with Crippen LogP contribution in [0.2, 0.25) is 0 Å². The van der Waals surface area contributed by atoms with Crippen molar-refractivity contribution >= 4 is 33.1 Å². The molecule has 0 fully saturated rings. The summed E-state index contributed by atoms with van der Waals surface area (Å²) in [7, 11) is 0. The number of thiazole rings is 1. The number of fused-ring (bicyclic) bond motifs is 1. The standard InChI is InChI=1S/C21H16F2N4O2S/c1-11-3-5-13(6-4-11)18-20-19(24-12(2)30-20)21(29)27(26-18)10-17(28)25-16-8-7-14(22)9-15(16)23/h3-9H,10H2,1-2H3,(H,25,28). The topological polar surface area (TPSA) is 76.9 Å². The van der Waals surface area contributed by atoms with E-state index in [1.807, 2.05) is 31.2 Å². The number of nitrogens with one attached hydrogen (secondary N) is 1. The van der Waals surface area contributed by atoms with E-state index in [0.717, 1.165) is 27.9 Å². The highest BCUT2D eigenvalue weighted by Crippen LogP contribution is 2.29. The summed E-state index contributed by atoms with van der Waals surface area (Å²) in [5.41, 5.74) is 1.93. The number of halogens is 2. The minimum Gasteiger partial charge on any atom is -0.322 e. The largest absolute Gasteiger partial charge is 0.322 e. The summed E-state index contributed by atoms with van der Waals surface area (Å²) >= 11 is 1.35. The lowest BCUT2D eigenvalue weighted by molar-refractivity contribution is -0.117. The van der Waals surface area contributed by atoms with E-state index in [2.05, 4.69) is 15.4 Å². The summed E-state index contributed by atoms with van der Waals surface area (Å²) in [5, 5.41) is 7.43. The van der Waals surface area contributed by atoms with Gasteiger partial charge in [-0.3, -0.25) is 9.59 Å². The number of nitrogens with zero attached hydrogens (tertiary/aromatic N) is 3. The fraction of sp³-hybridized carbons (Fsp3) is 0.143. The molecule has 1 amide bonds. The van der Waals surface area contributed by atoms with Crippen LogP contribution in [0.1, 0.15) is 10.6 Å². The van der Waals surface area contributed by atoms with Crippen LogP contribution in [0.15, 0.2) is 47.3 Å². The van der Waals surface area contributed by atoms with E-state index in [1.165, 1.54) is 11.3 Å². The van der Waals surface area contributed by atoms with Gasteiger partial charge in [-0.25, -0.2) is 18.4 Å². The average Bonchev–Trinajstić information content (AvgIpc) is 3.09. The maximum atomic E-state index is 13.8. The van der Waals surface area contributed by atoms with Gasteiger partial charge in [-0.1, -0.05) is 29.8 Å². The number of carbonyl (C=O) groups excluding carboxylic acids is 1. The van der Waals surface area contributed by atoms with Crippen LogP contribution in [0.4, 0.5) is 14.5 Å². The van der Waals surface area contributed by atoms with E-state index in [1.54, 1.807) is 6.92 Å². The highest BCUT2D eigenvalue weighted by molar-refractivity contribution is 7.19. The Morgan fingerprint density at radius 1 is 1.13 bits per heavy atom. The van der Waals surface area contributed by atoms with Crippen LogP contribution < -0.4 is 10.9 Å². The maximum Gasteiger partial charge on any atom is 0.294 e. The Labute approximate surface area is 173 Å². The van der Waals surface area contributed by atoms with Crippen molar-refractivity contribution in [3.8, 4) is 11.3 Å². The minimum atomic E-state index is -0.908. The third kappa shape index (κ3) is 3.84. The first-order valence-corrected chi connectivity index (χ1v) is 9.83. The van der Waals surface area contributed by atoms with Crippen LogP contribution in [0, 0.1) is 25.5 Å². The lowest BCUT2D eigenvalue weighted by Crippen LogP contribution is -2.30. The molecule has 0 unspecified atom stereocenters. The van der Waals surface area contributed by atoms with Crippen molar-refractivity contribution in [1.29, 1.82) is 0 Å². The molecule has 0 radical (unpaired) electrons. The van der Waals surface area contributed by atoms with E-state index in [0.29, 0.717) is 21.5 Å². The van der Waals surface area contributed by atoms with Gasteiger partial charge in [0.05, 0.1) is 15.4 Å². The van der Waals surface area contributed by atoms with Crippen LogP contribution >= 0.6 is 11.3 Å². The Hall–Kier alpha value is -3.46. The van der Waals surface area contributed by atoms with E-state index in [4.69, 9.17) is 0 Å². The number of carbonyl (C=O) groups is 1. The first-order valence-electron chi connectivity index (χ1n) is 9.02. The molecular formula is C21H16F2N4O2S. The minimum absolute atomic E-state index is 0.182. The predicted molar refractivity (Wildman–Crippen MR) is 112 cm³/mol. The molecule has 0 saturated heterocycles. The van der Waals surface area contributed by atoms with Gasteiger partial charge in [-0.2, -0.15) is 5.10 Å². The third-order valence-electron chi connectivity index (χ3n) is 4.43. The number of hydrogen-bond donors (Lipinski definition) is 1. The van der Waals surface area contributed by atoms with Gasteiger partial charge < -0.3 is 5.32 Å². The van der Waals surface area contributed by atoms with Crippen molar-refractivity contribution in [2.45, 2.75) is 20.4 Å². The second kappa shape index (κ2) is 7.75. The van der Waals surface area contributed by atoms with Crippen molar-refractivity contribution in [2.24, 2.45) is 0 Å². The average molecular weight is 426 g/mol. The van der Waals surface area contributed by atoms with Crippen LogP contribution in [-0.4, -0.2) is 20.7 Å². The van der Waals surface area contributed by atoms with Crippen LogP contribution in [0.5, 0.6) is 0 Å². The molecular weight excluding hydrogens is 410 g/mol. The Balaban J connectivity index is 1.73. The number of aryl methyl sites for hydroxylation is 2. The molecule has 2 aromatic carbocycles. The van der Waals surface area contributed by atoms with Crippen molar-refractivity contribution < 1.29 is 13.6 Å². The fourth-order valence-corrected chi connectivity index (χ4v) is 3.91. The van der Waals surface area contributed by atoms with Crippen LogP contribution in [-0.2, 0) is 11.3 Å². The van der Waals surface area contributed by atoms with E-state index < -0.39 is 29.6 Å². The Kier molecular flexibility index (Phi) is 5.13. The molecule has 0 bridgehead atoms. The normalized spacial score (nSPS) is 11.1. The number of rotatable bonds is 4. The lowest BCUT2D eigenvalue weighted by atomic mass is 10.1. The van der Waals surface area contributed by atoms with Gasteiger partial charge in [0.2, 0.25) is 5.91 Å². The summed E-state index contributed by atoms with van der Waals surface area (Å²) in [6, 6.07) is 10.4. The number of amides is 1. The number of anilines is 1. The number of hydrogen-bond acceptors (Lipinski definition) is 5.